The number of imide groups is 1. The van der Waals surface area contributed by atoms with Gasteiger partial charge in [-0.1, -0.05) is 70.2 Å². The molecule has 0 bridgehead atoms. The summed E-state index contributed by atoms with van der Waals surface area (Å²) in [4.78, 5) is 91.2. The zero-order valence-electron chi connectivity index (χ0n) is 36.8. The van der Waals surface area contributed by atoms with E-state index in [-0.39, 0.29) is 44.4 Å². The second-order valence-corrected chi connectivity index (χ2v) is 18.9. The number of Topliss-reactive ketones (excluding diaryl/α,β-unsaturated/α-hetero) is 1. The fourth-order valence-electron chi connectivity index (χ4n) is 8.99. The molecule has 0 spiro atoms. The molecule has 4 amide bonds. The first-order chi connectivity index (χ1) is 29.7. The number of aliphatic imine (C=N–C) groups is 1. The number of rotatable bonds is 16. The summed E-state index contributed by atoms with van der Waals surface area (Å²) < 4.78 is 34.1. The predicted octanol–water partition coefficient (Wildman–Crippen LogP) is 4.15. The molecule has 63 heavy (non-hydrogen) atoms. The summed E-state index contributed by atoms with van der Waals surface area (Å²) in [6, 6.07) is 13.4. The fraction of sp³-hybridized carbons (Fsp3) is 0.457. The number of amides is 4. The van der Waals surface area contributed by atoms with Crippen LogP contribution in [0, 0.1) is 6.92 Å². The van der Waals surface area contributed by atoms with Crippen molar-refractivity contribution in [3.05, 3.63) is 99.9 Å². The largest absolute Gasteiger partial charge is 0.358 e. The molecule has 0 unspecified atom stereocenters. The van der Waals surface area contributed by atoms with E-state index < -0.39 is 68.4 Å². The number of nitrogens with one attached hydrogen (secondary N) is 2. The Labute approximate surface area is 368 Å². The van der Waals surface area contributed by atoms with Gasteiger partial charge in [0, 0.05) is 85.5 Å². The minimum atomic E-state index is -4.76. The topological polar surface area (TPSA) is 212 Å². The van der Waals surface area contributed by atoms with Crippen LogP contribution in [0.25, 0.3) is 0 Å². The average Bonchev–Trinajstić information content (AvgIpc) is 3.88. The first-order valence-corrected chi connectivity index (χ1v) is 22.7. The standard InChI is InChI=1S/C46H56N6O10S/c1-28-15-8-9-16-31(28)45(2,3)36(47-6)25-29-41(30(42(29)56)26-37-46(4,5)32-17-10-11-18-34(32)50(37)7)51-24-14-19-35(51)44(58)49-33(27-63(59,60)61)43(57)48-23-13-12-20-40(55)62-52-38(53)21-22-39(52)54/h8-11,15-18,25-26,33,35H,12-14,19-24,27H2,1-7H3,(H,48,57)(H,49,58)(H,59,60,61)/b29-25-,37-26+,47-36?/t33-,35+/m0/s1. The number of para-hydroxylation sites is 1. The van der Waals surface area contributed by atoms with Crippen LogP contribution in [0.15, 0.2) is 88.2 Å². The highest BCUT2D eigenvalue weighted by Gasteiger charge is 2.46. The van der Waals surface area contributed by atoms with Gasteiger partial charge >= 0.3 is 5.97 Å². The third-order valence-corrected chi connectivity index (χ3v) is 13.1. The van der Waals surface area contributed by atoms with Gasteiger partial charge in [-0.2, -0.15) is 8.42 Å². The lowest BCUT2D eigenvalue weighted by atomic mass is 9.74. The maximum Gasteiger partial charge on any atom is 0.333 e. The Morgan fingerprint density at radius 1 is 1.03 bits per heavy atom. The normalized spacial score (nSPS) is 20.7. The molecule has 4 aliphatic rings. The molecule has 17 heteroatoms. The van der Waals surface area contributed by atoms with Crippen molar-refractivity contribution in [1.82, 2.24) is 20.6 Å². The van der Waals surface area contributed by atoms with E-state index in [1.165, 1.54) is 0 Å². The van der Waals surface area contributed by atoms with Crippen molar-refractivity contribution < 1.29 is 46.6 Å². The predicted molar refractivity (Wildman–Crippen MR) is 236 cm³/mol. The summed E-state index contributed by atoms with van der Waals surface area (Å²) in [7, 11) is -1.13. The highest BCUT2D eigenvalue weighted by atomic mass is 32.2. The van der Waals surface area contributed by atoms with Gasteiger partial charge in [0.25, 0.3) is 21.9 Å². The van der Waals surface area contributed by atoms with E-state index in [0.717, 1.165) is 28.1 Å². The number of carbonyl (C=O) groups excluding carboxylic acids is 6. The second-order valence-electron chi connectivity index (χ2n) is 17.4. The zero-order chi connectivity index (χ0) is 46.0. The summed E-state index contributed by atoms with van der Waals surface area (Å²) in [5.41, 5.74) is 5.96. The summed E-state index contributed by atoms with van der Waals surface area (Å²) in [6.07, 6.45) is 4.71. The van der Waals surface area contributed by atoms with Gasteiger partial charge in [-0.05, 0) is 67.5 Å². The van der Waals surface area contributed by atoms with E-state index in [4.69, 9.17) is 4.84 Å². The molecule has 0 saturated carbocycles. The van der Waals surface area contributed by atoms with E-state index in [1.807, 2.05) is 81.3 Å². The zero-order valence-corrected chi connectivity index (χ0v) is 37.6. The lowest BCUT2D eigenvalue weighted by Gasteiger charge is -2.38. The maximum atomic E-state index is 14.5. The van der Waals surface area contributed by atoms with E-state index in [0.29, 0.717) is 47.0 Å². The number of carbonyl (C=O) groups is 6. The van der Waals surface area contributed by atoms with Crippen molar-refractivity contribution in [3.63, 3.8) is 0 Å². The lowest BCUT2D eigenvalue weighted by Crippen LogP contribution is -2.55. The molecule has 16 nitrogen and oxygen atoms in total. The first-order valence-electron chi connectivity index (χ1n) is 21.1. The summed E-state index contributed by atoms with van der Waals surface area (Å²) in [5.74, 6) is -4.88. The Kier molecular flexibility index (Phi) is 13.6. The van der Waals surface area contributed by atoms with Gasteiger partial charge in [0.05, 0.1) is 5.70 Å². The molecule has 3 heterocycles. The summed E-state index contributed by atoms with van der Waals surface area (Å²) in [6.45, 7) is 10.6. The molecular formula is C46H56N6O10S. The molecule has 336 valence electrons. The fourth-order valence-corrected chi connectivity index (χ4v) is 9.65. The number of aryl methyl sites for hydroxylation is 1. The molecule has 2 aromatic carbocycles. The van der Waals surface area contributed by atoms with Crippen molar-refractivity contribution in [2.45, 2.75) is 102 Å². The van der Waals surface area contributed by atoms with Gasteiger partial charge in [0.1, 0.15) is 17.8 Å². The number of fused-ring (bicyclic) bond motifs is 1. The number of hydroxylamine groups is 2. The van der Waals surface area contributed by atoms with Crippen LogP contribution in [0.4, 0.5) is 5.69 Å². The van der Waals surface area contributed by atoms with Crippen LogP contribution in [0.5, 0.6) is 0 Å². The number of ketones is 1. The van der Waals surface area contributed by atoms with Crippen LogP contribution in [0.1, 0.15) is 89.3 Å². The lowest BCUT2D eigenvalue weighted by molar-refractivity contribution is -0.197. The molecule has 0 radical (unpaired) electrons. The number of nitrogens with zero attached hydrogens (tertiary/aromatic N) is 4. The summed E-state index contributed by atoms with van der Waals surface area (Å²) >= 11 is 0. The third-order valence-electron chi connectivity index (χ3n) is 12.4. The van der Waals surface area contributed by atoms with Gasteiger partial charge in [0.2, 0.25) is 11.8 Å². The Bertz CT molecular complexity index is 2450. The van der Waals surface area contributed by atoms with Crippen LogP contribution in [-0.2, 0) is 54.6 Å². The molecule has 0 aromatic heterocycles. The van der Waals surface area contributed by atoms with Gasteiger partial charge in [-0.3, -0.25) is 33.5 Å². The van der Waals surface area contributed by atoms with E-state index >= 15 is 0 Å². The molecule has 1 aliphatic carbocycles. The van der Waals surface area contributed by atoms with Crippen LogP contribution >= 0.6 is 0 Å². The number of hydrogen-bond acceptors (Lipinski definition) is 12. The molecule has 3 aliphatic heterocycles. The van der Waals surface area contributed by atoms with Crippen LogP contribution in [0.3, 0.4) is 0 Å². The maximum absolute atomic E-state index is 14.5. The van der Waals surface area contributed by atoms with Gasteiger partial charge in [-0.25, -0.2) is 4.79 Å². The summed E-state index contributed by atoms with van der Waals surface area (Å²) in [5, 5.41) is 5.56. The Hall–Kier alpha value is -5.94. The first kappa shape index (κ1) is 46.6. The van der Waals surface area contributed by atoms with Gasteiger partial charge < -0.3 is 25.3 Å². The molecule has 2 saturated heterocycles. The van der Waals surface area contributed by atoms with Crippen LogP contribution in [0.2, 0.25) is 0 Å². The third kappa shape index (κ3) is 9.69. The van der Waals surface area contributed by atoms with Gasteiger partial charge in [-0.15, -0.1) is 5.06 Å². The minimum Gasteiger partial charge on any atom is -0.358 e. The number of benzene rings is 2. The SMILES string of the molecule is CN=C(/C=C1\C(=O)C(/C=C2/N(C)c3ccccc3C2(C)C)=C1N1CCC[C@@H]1C(=O)N[C@@H](CS(=O)(=O)O)C(=O)NCCCCC(=O)ON1C(=O)CCC1=O)C(C)(C)c1ccccc1C. The van der Waals surface area contributed by atoms with Crippen molar-refractivity contribution in [2.75, 3.05) is 37.8 Å². The van der Waals surface area contributed by atoms with E-state index in [9.17, 15) is 41.7 Å². The van der Waals surface area contributed by atoms with Gasteiger partial charge in [0.15, 0.2) is 5.78 Å². The van der Waals surface area contributed by atoms with E-state index in [1.54, 1.807) is 13.1 Å². The van der Waals surface area contributed by atoms with E-state index in [2.05, 4.69) is 40.4 Å². The average molecular weight is 885 g/mol. The van der Waals surface area contributed by atoms with Crippen molar-refractivity contribution in [1.29, 1.82) is 0 Å². The smallest absolute Gasteiger partial charge is 0.333 e. The second kappa shape index (κ2) is 18.4. The molecule has 2 fully saturated rings. The minimum absolute atomic E-state index is 0.0307. The number of hydrogen-bond donors (Lipinski definition) is 3. The number of likely N-dealkylation sites (tertiary alicyclic amines) is 1. The quantitative estimate of drug-likeness (QED) is 0.0714. The highest BCUT2D eigenvalue weighted by Crippen LogP contribution is 2.49. The van der Waals surface area contributed by atoms with Crippen molar-refractivity contribution in [2.24, 2.45) is 4.99 Å². The van der Waals surface area contributed by atoms with Crippen molar-refractivity contribution >= 4 is 56.9 Å². The number of anilines is 1. The molecule has 2 aromatic rings. The molecule has 2 atom stereocenters. The van der Waals surface area contributed by atoms with Crippen LogP contribution < -0.4 is 15.5 Å². The Morgan fingerprint density at radius 3 is 2.35 bits per heavy atom. The molecule has 6 rings (SSSR count). The number of allylic oxidation sites excluding steroid dienone is 5. The Balaban J connectivity index is 1.26. The monoisotopic (exact) mass is 884 g/mol. The van der Waals surface area contributed by atoms with Crippen LogP contribution in [-0.4, -0.2) is 109 Å². The molecular weight excluding hydrogens is 829 g/mol. The number of likely N-dealkylation sites (N-methyl/N-ethyl adjacent to an activating group) is 1. The number of unbranched alkanes of at least 4 members (excludes halogenated alkanes) is 1. The Morgan fingerprint density at radius 2 is 1.70 bits per heavy atom. The van der Waals surface area contributed by atoms with Crippen molar-refractivity contribution in [3.8, 4) is 0 Å². The molecule has 3 N–H and O–H groups in total. The highest BCUT2D eigenvalue weighted by molar-refractivity contribution is 7.85.